The van der Waals surface area contributed by atoms with Crippen LogP contribution in [0.5, 0.6) is 0 Å². The molecule has 108 valence electrons. The van der Waals surface area contributed by atoms with Crippen molar-refractivity contribution in [3.8, 4) is 0 Å². The van der Waals surface area contributed by atoms with Gasteiger partial charge in [0.05, 0.1) is 0 Å². The predicted molar refractivity (Wildman–Crippen MR) is 85.1 cm³/mol. The molecule has 2 heterocycles. The third-order valence-corrected chi connectivity index (χ3v) is 4.62. The summed E-state index contributed by atoms with van der Waals surface area (Å²) in [5.74, 6) is 0.614. The molecule has 0 fully saturated rings. The highest BCUT2D eigenvalue weighted by molar-refractivity contribution is 5.95. The lowest BCUT2D eigenvalue weighted by Crippen LogP contribution is -2.12. The molecule has 2 N–H and O–H groups in total. The molecule has 0 aromatic carbocycles. The van der Waals surface area contributed by atoms with Gasteiger partial charge in [-0.1, -0.05) is 13.8 Å². The molecule has 0 aliphatic heterocycles. The van der Waals surface area contributed by atoms with Gasteiger partial charge in [0.2, 0.25) is 0 Å². The standard InChI is InChI=1S/C17H25N3/c1-10(2)9-20-12(4)11(3)15-16(18)13-7-5-6-8-14(13)19-17(15)20/h10H,5-9H2,1-4H3,(H2,18,19). The van der Waals surface area contributed by atoms with E-state index in [9.17, 15) is 0 Å². The van der Waals surface area contributed by atoms with Gasteiger partial charge in [0.25, 0.3) is 0 Å². The van der Waals surface area contributed by atoms with Crippen LogP contribution in [-0.4, -0.2) is 9.55 Å². The molecule has 0 atom stereocenters. The summed E-state index contributed by atoms with van der Waals surface area (Å²) < 4.78 is 2.36. The lowest BCUT2D eigenvalue weighted by Gasteiger charge is -2.18. The first-order valence-corrected chi connectivity index (χ1v) is 7.77. The van der Waals surface area contributed by atoms with Crippen molar-refractivity contribution in [2.24, 2.45) is 5.92 Å². The number of hydrogen-bond acceptors (Lipinski definition) is 2. The average Bonchev–Trinajstić information content (AvgIpc) is 2.64. The maximum atomic E-state index is 6.50. The summed E-state index contributed by atoms with van der Waals surface area (Å²) >= 11 is 0. The third kappa shape index (κ3) is 1.91. The summed E-state index contributed by atoms with van der Waals surface area (Å²) in [4.78, 5) is 4.99. The molecule has 0 spiro atoms. The Morgan fingerprint density at radius 3 is 2.60 bits per heavy atom. The minimum absolute atomic E-state index is 0.614. The summed E-state index contributed by atoms with van der Waals surface area (Å²) in [5, 5.41) is 1.20. The van der Waals surface area contributed by atoms with E-state index in [0.717, 1.165) is 30.7 Å². The average molecular weight is 271 g/mol. The molecular weight excluding hydrogens is 246 g/mol. The molecule has 0 bridgehead atoms. The monoisotopic (exact) mass is 271 g/mol. The van der Waals surface area contributed by atoms with Crippen molar-refractivity contribution in [1.29, 1.82) is 0 Å². The molecule has 0 amide bonds. The van der Waals surface area contributed by atoms with Crippen molar-refractivity contribution in [3.63, 3.8) is 0 Å². The largest absolute Gasteiger partial charge is 0.398 e. The van der Waals surface area contributed by atoms with Crippen molar-refractivity contribution in [2.45, 2.75) is 59.9 Å². The van der Waals surface area contributed by atoms with E-state index in [0.29, 0.717) is 5.92 Å². The predicted octanol–water partition coefficient (Wildman–Crippen LogP) is 3.77. The van der Waals surface area contributed by atoms with E-state index in [4.69, 9.17) is 10.7 Å². The highest BCUT2D eigenvalue weighted by Gasteiger charge is 2.22. The van der Waals surface area contributed by atoms with Crippen molar-refractivity contribution in [2.75, 3.05) is 5.73 Å². The molecule has 3 heteroatoms. The van der Waals surface area contributed by atoms with Gasteiger partial charge in [-0.3, -0.25) is 0 Å². The van der Waals surface area contributed by atoms with E-state index in [1.54, 1.807) is 0 Å². The number of aromatic nitrogens is 2. The Bertz CT molecular complexity index is 665. The SMILES string of the molecule is Cc1c(C)n(CC(C)C)c2nc3c(c(N)c12)CCCC3. The fourth-order valence-corrected chi connectivity index (χ4v) is 3.45. The molecule has 2 aromatic rings. The van der Waals surface area contributed by atoms with Gasteiger partial charge in [-0.05, 0) is 56.6 Å². The Morgan fingerprint density at radius 1 is 1.20 bits per heavy atom. The first-order valence-electron chi connectivity index (χ1n) is 7.77. The van der Waals surface area contributed by atoms with Gasteiger partial charge in [0, 0.05) is 29.0 Å². The van der Waals surface area contributed by atoms with Crippen LogP contribution in [0, 0.1) is 19.8 Å². The molecule has 20 heavy (non-hydrogen) atoms. The number of nitrogen functional groups attached to an aromatic ring is 1. The smallest absolute Gasteiger partial charge is 0.142 e. The molecule has 1 aliphatic rings. The van der Waals surface area contributed by atoms with Crippen LogP contribution in [0.4, 0.5) is 5.69 Å². The third-order valence-electron chi connectivity index (χ3n) is 4.62. The normalized spacial score (nSPS) is 15.1. The highest BCUT2D eigenvalue weighted by Crippen LogP contribution is 2.35. The summed E-state index contributed by atoms with van der Waals surface area (Å²) in [6.07, 6.45) is 4.67. The van der Waals surface area contributed by atoms with E-state index in [1.807, 2.05) is 0 Å². The maximum absolute atomic E-state index is 6.50. The van der Waals surface area contributed by atoms with E-state index >= 15 is 0 Å². The molecular formula is C17H25N3. The Labute approximate surface area is 121 Å². The van der Waals surface area contributed by atoms with E-state index in [-0.39, 0.29) is 0 Å². The molecule has 0 unspecified atom stereocenters. The van der Waals surface area contributed by atoms with Crippen LogP contribution in [0.1, 0.15) is 49.2 Å². The van der Waals surface area contributed by atoms with Crippen LogP contribution in [-0.2, 0) is 19.4 Å². The summed E-state index contributed by atoms with van der Waals surface area (Å²) in [5.41, 5.74) is 13.8. The van der Waals surface area contributed by atoms with Crippen LogP contribution in [0.15, 0.2) is 0 Å². The minimum atomic E-state index is 0.614. The van der Waals surface area contributed by atoms with Gasteiger partial charge in [-0.2, -0.15) is 0 Å². The highest BCUT2D eigenvalue weighted by atomic mass is 15.1. The van der Waals surface area contributed by atoms with E-state index in [2.05, 4.69) is 32.3 Å². The van der Waals surface area contributed by atoms with Gasteiger partial charge in [-0.25, -0.2) is 4.98 Å². The number of rotatable bonds is 2. The van der Waals surface area contributed by atoms with Crippen LogP contribution < -0.4 is 5.73 Å². The second-order valence-corrected chi connectivity index (χ2v) is 6.57. The number of pyridine rings is 1. The number of hydrogen-bond donors (Lipinski definition) is 1. The summed E-state index contributed by atoms with van der Waals surface area (Å²) in [6.45, 7) is 9.89. The van der Waals surface area contributed by atoms with Crippen LogP contribution in [0.25, 0.3) is 11.0 Å². The van der Waals surface area contributed by atoms with Crippen molar-refractivity contribution in [1.82, 2.24) is 9.55 Å². The van der Waals surface area contributed by atoms with E-state index < -0.39 is 0 Å². The Balaban J connectivity index is 2.31. The number of anilines is 1. The van der Waals surface area contributed by atoms with Gasteiger partial charge in [-0.15, -0.1) is 0 Å². The number of nitrogens with two attached hydrogens (primary N) is 1. The zero-order chi connectivity index (χ0) is 14.4. The fourth-order valence-electron chi connectivity index (χ4n) is 3.45. The molecule has 3 rings (SSSR count). The molecule has 0 saturated carbocycles. The maximum Gasteiger partial charge on any atom is 0.142 e. The zero-order valence-corrected chi connectivity index (χ0v) is 13.1. The fraction of sp³-hybridized carbons (Fsp3) is 0.588. The summed E-state index contributed by atoms with van der Waals surface area (Å²) in [6, 6.07) is 0. The van der Waals surface area contributed by atoms with Gasteiger partial charge < -0.3 is 10.3 Å². The molecule has 1 aliphatic carbocycles. The quantitative estimate of drug-likeness (QED) is 0.903. The topological polar surface area (TPSA) is 43.8 Å². The Kier molecular flexibility index (Phi) is 3.23. The lowest BCUT2D eigenvalue weighted by molar-refractivity contribution is 0.524. The summed E-state index contributed by atoms with van der Waals surface area (Å²) in [7, 11) is 0. The minimum Gasteiger partial charge on any atom is -0.398 e. The number of aryl methyl sites for hydroxylation is 2. The zero-order valence-electron chi connectivity index (χ0n) is 13.1. The van der Waals surface area contributed by atoms with Crippen LogP contribution >= 0.6 is 0 Å². The second kappa shape index (κ2) is 4.80. The van der Waals surface area contributed by atoms with Crippen LogP contribution in [0.2, 0.25) is 0 Å². The molecule has 0 saturated heterocycles. The number of fused-ring (bicyclic) bond motifs is 2. The molecule has 2 aromatic heterocycles. The van der Waals surface area contributed by atoms with Crippen molar-refractivity contribution < 1.29 is 0 Å². The molecule has 0 radical (unpaired) electrons. The van der Waals surface area contributed by atoms with Gasteiger partial charge in [0.15, 0.2) is 0 Å². The first kappa shape index (κ1) is 13.5. The van der Waals surface area contributed by atoms with Crippen LogP contribution in [0.3, 0.4) is 0 Å². The number of nitrogens with zero attached hydrogens (tertiary/aromatic N) is 2. The van der Waals surface area contributed by atoms with Gasteiger partial charge >= 0.3 is 0 Å². The first-order chi connectivity index (χ1) is 9.50. The Morgan fingerprint density at radius 2 is 1.90 bits per heavy atom. The molecule has 3 nitrogen and oxygen atoms in total. The van der Waals surface area contributed by atoms with E-state index in [1.165, 1.54) is 40.7 Å². The van der Waals surface area contributed by atoms with Crippen molar-refractivity contribution in [3.05, 3.63) is 22.5 Å². The second-order valence-electron chi connectivity index (χ2n) is 6.57. The van der Waals surface area contributed by atoms with Gasteiger partial charge in [0.1, 0.15) is 5.65 Å². The lowest BCUT2D eigenvalue weighted by atomic mass is 9.93. The Hall–Kier alpha value is -1.51. The van der Waals surface area contributed by atoms with Crippen molar-refractivity contribution >= 4 is 16.7 Å².